The Labute approximate surface area is 260 Å². The summed E-state index contributed by atoms with van der Waals surface area (Å²) >= 11 is 0. The highest BCUT2D eigenvalue weighted by Gasteiger charge is 2.19. The largest absolute Gasteiger partial charge is 0.313 e. The maximum absolute atomic E-state index is 11.7. The Bertz CT molecular complexity index is 498. The molecular formula is C37H80N2O2+2. The molecular weight excluding hydrogens is 504 g/mol. The fourth-order valence-corrected chi connectivity index (χ4v) is 4.55. The van der Waals surface area contributed by atoms with E-state index in [1.165, 1.54) is 135 Å². The lowest BCUT2D eigenvalue weighted by Gasteiger charge is -2.20. The molecule has 248 valence electrons. The predicted molar refractivity (Wildman–Crippen MR) is 184 cm³/mol. The Morgan fingerprint density at radius 1 is 0.341 bits per heavy atom. The van der Waals surface area contributed by atoms with Gasteiger partial charge in [0, 0.05) is 0 Å². The van der Waals surface area contributed by atoms with E-state index in [0.717, 1.165) is 25.7 Å². The van der Waals surface area contributed by atoms with E-state index in [9.17, 15) is 9.59 Å². The van der Waals surface area contributed by atoms with Crippen molar-refractivity contribution >= 4 is 11.8 Å². The molecule has 0 rings (SSSR count). The van der Waals surface area contributed by atoms with Gasteiger partial charge < -0.3 is 0 Å². The van der Waals surface area contributed by atoms with Crippen LogP contribution in [0.2, 0.25) is 0 Å². The van der Waals surface area contributed by atoms with E-state index >= 15 is 0 Å². The average molecular weight is 585 g/mol. The topological polar surface area (TPSA) is 34.1 Å². The average Bonchev–Trinajstić information content (AvgIpc) is 2.90. The Kier molecular flexibility index (Phi) is 35.1. The molecule has 4 heteroatoms. The second kappa shape index (κ2) is 32.2. The van der Waals surface area contributed by atoms with Gasteiger partial charge in [0.1, 0.15) is 0 Å². The molecule has 0 aromatic rings. The normalized spacial score (nSPS) is 11.4. The van der Waals surface area contributed by atoms with Crippen molar-refractivity contribution in [2.75, 3.05) is 42.3 Å². The van der Waals surface area contributed by atoms with Crippen LogP contribution in [0.4, 0.5) is 0 Å². The molecule has 0 aliphatic carbocycles. The molecule has 0 unspecified atom stereocenters. The summed E-state index contributed by atoms with van der Waals surface area (Å²) in [6.07, 6.45) is 32.2. The first-order valence-corrected chi connectivity index (χ1v) is 18.1. The standard InChI is InChI=1S/2C17H36NO.C3H8/c2*1-5-6-7-8-9-10-11-12-13-14-15-16-17(19)18(2,3)4;1-3-2/h2*5-16H2,1-4H3;3H2,1-2H3/q2*+1;. The van der Waals surface area contributed by atoms with Gasteiger partial charge in [0.15, 0.2) is 0 Å². The second-order valence-electron chi connectivity index (χ2n) is 14.1. The van der Waals surface area contributed by atoms with E-state index in [-0.39, 0.29) is 0 Å². The molecule has 41 heavy (non-hydrogen) atoms. The molecule has 0 heterocycles. The van der Waals surface area contributed by atoms with Crippen LogP contribution in [0.5, 0.6) is 0 Å². The smallest absolute Gasteiger partial charge is 0.268 e. The molecule has 0 aliphatic heterocycles. The van der Waals surface area contributed by atoms with Gasteiger partial charge in [-0.1, -0.05) is 163 Å². The Balaban J connectivity index is -0.000000642. The molecule has 0 N–H and O–H groups in total. The van der Waals surface area contributed by atoms with Gasteiger partial charge in [-0.3, -0.25) is 8.97 Å². The Morgan fingerprint density at radius 3 is 0.683 bits per heavy atom. The van der Waals surface area contributed by atoms with Crippen LogP contribution >= 0.6 is 0 Å². The number of unbranched alkanes of at least 4 members (excludes halogenated alkanes) is 20. The lowest BCUT2D eigenvalue weighted by molar-refractivity contribution is -0.792. The van der Waals surface area contributed by atoms with Crippen LogP contribution in [0.3, 0.4) is 0 Å². The molecule has 0 bridgehead atoms. The van der Waals surface area contributed by atoms with Crippen molar-refractivity contribution in [1.82, 2.24) is 0 Å². The summed E-state index contributed by atoms with van der Waals surface area (Å²) < 4.78 is 0.940. The first kappa shape index (κ1) is 44.7. The lowest BCUT2D eigenvalue weighted by atomic mass is 10.1. The third-order valence-electron chi connectivity index (χ3n) is 7.48. The van der Waals surface area contributed by atoms with Gasteiger partial charge in [-0.15, -0.1) is 0 Å². The minimum absolute atomic E-state index is 0.357. The zero-order chi connectivity index (χ0) is 31.8. The molecule has 0 spiro atoms. The van der Waals surface area contributed by atoms with Crippen LogP contribution in [-0.4, -0.2) is 63.1 Å². The third kappa shape index (κ3) is 39.3. The monoisotopic (exact) mass is 585 g/mol. The van der Waals surface area contributed by atoms with Crippen LogP contribution in [0.1, 0.15) is 188 Å². The van der Waals surface area contributed by atoms with Crippen LogP contribution in [0.25, 0.3) is 0 Å². The fraction of sp³-hybridized carbons (Fsp3) is 0.946. The van der Waals surface area contributed by atoms with E-state index in [1.807, 2.05) is 42.3 Å². The summed E-state index contributed by atoms with van der Waals surface area (Å²) in [5.74, 6) is 0.715. The van der Waals surface area contributed by atoms with Crippen molar-refractivity contribution in [1.29, 1.82) is 0 Å². The number of amides is 2. The molecule has 0 fully saturated rings. The fourth-order valence-electron chi connectivity index (χ4n) is 4.55. The molecule has 0 radical (unpaired) electrons. The third-order valence-corrected chi connectivity index (χ3v) is 7.48. The highest BCUT2D eigenvalue weighted by molar-refractivity contribution is 5.68. The van der Waals surface area contributed by atoms with Crippen LogP contribution in [0, 0.1) is 0 Å². The van der Waals surface area contributed by atoms with Crippen LogP contribution in [-0.2, 0) is 9.59 Å². The zero-order valence-electron chi connectivity index (χ0n) is 30.4. The number of nitrogens with zero attached hydrogens (tertiary/aromatic N) is 2. The van der Waals surface area contributed by atoms with E-state index in [4.69, 9.17) is 0 Å². The van der Waals surface area contributed by atoms with Crippen molar-refractivity contribution in [2.24, 2.45) is 0 Å². The van der Waals surface area contributed by atoms with Gasteiger partial charge in [-0.05, 0) is 12.8 Å². The molecule has 0 saturated heterocycles. The zero-order valence-corrected chi connectivity index (χ0v) is 30.4. The summed E-state index contributed by atoms with van der Waals surface area (Å²) in [4.78, 5) is 23.4. The van der Waals surface area contributed by atoms with E-state index in [1.54, 1.807) is 0 Å². The van der Waals surface area contributed by atoms with E-state index < -0.39 is 0 Å². The number of quaternary nitrogens is 2. The summed E-state index contributed by atoms with van der Waals surface area (Å²) in [5.41, 5.74) is 0. The lowest BCUT2D eigenvalue weighted by Crippen LogP contribution is -2.40. The summed E-state index contributed by atoms with van der Waals surface area (Å²) in [5, 5.41) is 0. The maximum atomic E-state index is 11.7. The number of carbonyl (C=O) groups excluding carboxylic acids is 2. The number of carbonyl (C=O) groups is 2. The quantitative estimate of drug-likeness (QED) is 0.0835. The van der Waals surface area contributed by atoms with Crippen molar-refractivity contribution in [3.05, 3.63) is 0 Å². The van der Waals surface area contributed by atoms with Crippen molar-refractivity contribution in [2.45, 2.75) is 188 Å². The molecule has 0 saturated carbocycles. The number of hydrogen-bond acceptors (Lipinski definition) is 2. The SMILES string of the molecule is CCC.CCCCCCCCCCCCCC(=O)[N+](C)(C)C.CCCCCCCCCCCCCC(=O)[N+](C)(C)C. The number of hydrogen-bond donors (Lipinski definition) is 0. The molecule has 0 aromatic heterocycles. The second-order valence-corrected chi connectivity index (χ2v) is 14.1. The first-order valence-electron chi connectivity index (χ1n) is 18.1. The molecule has 4 nitrogen and oxygen atoms in total. The molecule has 0 aromatic carbocycles. The van der Waals surface area contributed by atoms with Gasteiger partial charge in [0.2, 0.25) is 0 Å². The highest BCUT2D eigenvalue weighted by atomic mass is 16.2. The highest BCUT2D eigenvalue weighted by Crippen LogP contribution is 2.14. The summed E-state index contributed by atoms with van der Waals surface area (Å²) in [7, 11) is 11.8. The molecule has 0 atom stereocenters. The van der Waals surface area contributed by atoms with E-state index in [2.05, 4.69) is 27.7 Å². The predicted octanol–water partition coefficient (Wildman–Crippen LogP) is 11.3. The van der Waals surface area contributed by atoms with Crippen LogP contribution < -0.4 is 0 Å². The minimum atomic E-state index is 0.357. The van der Waals surface area contributed by atoms with Gasteiger partial charge in [-0.25, -0.2) is 9.59 Å². The summed E-state index contributed by atoms with van der Waals surface area (Å²) in [6, 6.07) is 0. The minimum Gasteiger partial charge on any atom is -0.268 e. The molecule has 2 amide bonds. The summed E-state index contributed by atoms with van der Waals surface area (Å²) in [6.45, 7) is 8.78. The van der Waals surface area contributed by atoms with E-state index in [0.29, 0.717) is 20.8 Å². The molecule has 0 aliphatic rings. The van der Waals surface area contributed by atoms with Gasteiger partial charge in [0.25, 0.3) is 0 Å². The van der Waals surface area contributed by atoms with Crippen molar-refractivity contribution in [3.63, 3.8) is 0 Å². The Hall–Kier alpha value is -0.740. The van der Waals surface area contributed by atoms with Crippen molar-refractivity contribution in [3.8, 4) is 0 Å². The van der Waals surface area contributed by atoms with Gasteiger partial charge in [-0.2, -0.15) is 0 Å². The Morgan fingerprint density at radius 2 is 0.512 bits per heavy atom. The van der Waals surface area contributed by atoms with Gasteiger partial charge >= 0.3 is 11.8 Å². The van der Waals surface area contributed by atoms with Crippen LogP contribution in [0.15, 0.2) is 0 Å². The van der Waals surface area contributed by atoms with Crippen molar-refractivity contribution < 1.29 is 18.6 Å². The van der Waals surface area contributed by atoms with Gasteiger partial charge in [0.05, 0.1) is 55.1 Å². The first-order chi connectivity index (χ1) is 19.4. The maximum Gasteiger partial charge on any atom is 0.313 e. The number of rotatable bonds is 24.